The molecule has 1 aliphatic heterocycles. The molecule has 6 heteroatoms. The summed E-state index contributed by atoms with van der Waals surface area (Å²) in [7, 11) is -1.73. The number of hydrogen-bond donors (Lipinski definition) is 2. The highest BCUT2D eigenvalue weighted by atomic mass is 28.4. The predicted molar refractivity (Wildman–Crippen MR) is 79.4 cm³/mol. The summed E-state index contributed by atoms with van der Waals surface area (Å²) in [6, 6.07) is -0.0402. The van der Waals surface area contributed by atoms with Gasteiger partial charge in [0.1, 0.15) is 0 Å². The monoisotopic (exact) mass is 301 g/mol. The minimum Gasteiger partial charge on any atom is -0.465 e. The molecule has 2 fully saturated rings. The molecule has 0 spiro atoms. The number of fused-ring (bicyclic) bond motifs is 1. The molecule has 2 rings (SSSR count). The van der Waals surface area contributed by atoms with Crippen LogP contribution >= 0.6 is 0 Å². The summed E-state index contributed by atoms with van der Waals surface area (Å²) < 4.78 is 12.0. The van der Waals surface area contributed by atoms with Gasteiger partial charge in [-0.3, -0.25) is 0 Å². The fourth-order valence-electron chi connectivity index (χ4n) is 2.59. The van der Waals surface area contributed by atoms with Crippen molar-refractivity contribution in [2.75, 3.05) is 13.2 Å². The molecule has 5 nitrogen and oxygen atoms in total. The Morgan fingerprint density at radius 1 is 1.40 bits per heavy atom. The molecule has 4 atom stereocenters. The van der Waals surface area contributed by atoms with Crippen molar-refractivity contribution in [2.24, 2.45) is 11.8 Å². The zero-order valence-electron chi connectivity index (χ0n) is 13.1. The summed E-state index contributed by atoms with van der Waals surface area (Å²) >= 11 is 0. The molecule has 1 aliphatic carbocycles. The van der Waals surface area contributed by atoms with Crippen LogP contribution in [0.3, 0.4) is 0 Å². The van der Waals surface area contributed by atoms with Gasteiger partial charge < -0.3 is 19.6 Å². The van der Waals surface area contributed by atoms with E-state index >= 15 is 0 Å². The van der Waals surface area contributed by atoms with Gasteiger partial charge in [-0.1, -0.05) is 20.8 Å². The Morgan fingerprint density at radius 2 is 2.05 bits per heavy atom. The summed E-state index contributed by atoms with van der Waals surface area (Å²) in [6.45, 7) is 12.3. The maximum Gasteiger partial charge on any atom is 0.404 e. The summed E-state index contributed by atoms with van der Waals surface area (Å²) in [5.41, 5.74) is 0. The number of amides is 1. The molecule has 0 aromatic rings. The Hall–Kier alpha value is -0.593. The van der Waals surface area contributed by atoms with Crippen molar-refractivity contribution in [3.8, 4) is 0 Å². The van der Waals surface area contributed by atoms with Crippen molar-refractivity contribution in [3.63, 3.8) is 0 Å². The van der Waals surface area contributed by atoms with Crippen LogP contribution in [-0.2, 0) is 9.16 Å². The van der Waals surface area contributed by atoms with E-state index in [1.54, 1.807) is 0 Å². The molecular formula is C14H27NO4Si. The van der Waals surface area contributed by atoms with E-state index in [1.165, 1.54) is 0 Å². The molecule has 2 aliphatic rings. The first-order valence-electron chi connectivity index (χ1n) is 7.37. The highest BCUT2D eigenvalue weighted by Gasteiger charge is 2.52. The van der Waals surface area contributed by atoms with E-state index in [0.717, 1.165) is 6.42 Å². The highest BCUT2D eigenvalue weighted by molar-refractivity contribution is 6.74. The maximum atomic E-state index is 10.7. The Balaban J connectivity index is 1.82. The third-order valence-electron chi connectivity index (χ3n) is 5.10. The van der Waals surface area contributed by atoms with Gasteiger partial charge in [0.25, 0.3) is 0 Å². The van der Waals surface area contributed by atoms with E-state index in [2.05, 4.69) is 39.2 Å². The van der Waals surface area contributed by atoms with Gasteiger partial charge in [-0.15, -0.1) is 0 Å². The van der Waals surface area contributed by atoms with Crippen LogP contribution in [0, 0.1) is 11.8 Å². The van der Waals surface area contributed by atoms with Gasteiger partial charge in [0.15, 0.2) is 8.32 Å². The molecule has 2 unspecified atom stereocenters. The molecule has 1 heterocycles. The Labute approximate surface area is 122 Å². The average Bonchev–Trinajstić information content (AvgIpc) is 3.06. The molecule has 0 aromatic heterocycles. The zero-order chi connectivity index (χ0) is 15.1. The van der Waals surface area contributed by atoms with Crippen LogP contribution in [0.15, 0.2) is 0 Å². The minimum absolute atomic E-state index is 0.0402. The fraction of sp³-hybridized carbons (Fsp3) is 0.929. The highest BCUT2D eigenvalue weighted by Crippen LogP contribution is 2.48. The van der Waals surface area contributed by atoms with E-state index < -0.39 is 14.4 Å². The lowest BCUT2D eigenvalue weighted by molar-refractivity contribution is -0.0356. The number of carbonyl (C=O) groups is 1. The topological polar surface area (TPSA) is 67.8 Å². The van der Waals surface area contributed by atoms with Gasteiger partial charge in [-0.2, -0.15) is 0 Å². The molecule has 1 saturated carbocycles. The van der Waals surface area contributed by atoms with Crippen LogP contribution in [0.2, 0.25) is 18.1 Å². The summed E-state index contributed by atoms with van der Waals surface area (Å²) in [4.78, 5) is 10.7. The molecule has 1 amide bonds. The first kappa shape index (κ1) is 15.8. The number of carboxylic acid groups (broad SMARTS) is 1. The smallest absolute Gasteiger partial charge is 0.404 e. The van der Waals surface area contributed by atoms with Gasteiger partial charge in [0, 0.05) is 0 Å². The Kier molecular flexibility index (Phi) is 4.19. The van der Waals surface area contributed by atoms with Crippen LogP contribution in [-0.4, -0.2) is 44.9 Å². The normalized spacial score (nSPS) is 33.5. The van der Waals surface area contributed by atoms with Crippen LogP contribution in [0.5, 0.6) is 0 Å². The molecular weight excluding hydrogens is 274 g/mol. The van der Waals surface area contributed by atoms with Crippen LogP contribution < -0.4 is 5.32 Å². The molecule has 1 saturated heterocycles. The second-order valence-corrected chi connectivity index (χ2v) is 12.4. The van der Waals surface area contributed by atoms with Crippen molar-refractivity contribution in [3.05, 3.63) is 0 Å². The van der Waals surface area contributed by atoms with Gasteiger partial charge >= 0.3 is 6.09 Å². The van der Waals surface area contributed by atoms with Crippen molar-refractivity contribution < 1.29 is 19.1 Å². The van der Waals surface area contributed by atoms with Crippen molar-refractivity contribution in [2.45, 2.75) is 57.5 Å². The quantitative estimate of drug-likeness (QED) is 0.783. The number of hydrogen-bond acceptors (Lipinski definition) is 3. The third-order valence-corrected chi connectivity index (χ3v) is 9.60. The SMILES string of the molecule is CC(C)(C)[Si](C)(C)OC[C@H]1OC[C@H](NC(=O)O)C2CC21. The van der Waals surface area contributed by atoms with Crippen LogP contribution in [0.25, 0.3) is 0 Å². The van der Waals surface area contributed by atoms with Gasteiger partial charge in [-0.05, 0) is 36.4 Å². The van der Waals surface area contributed by atoms with E-state index in [0.29, 0.717) is 25.0 Å². The standard InChI is InChI=1S/C14H27NO4Si/c1-14(2,3)20(4,5)19-8-12-10-6-9(10)11(7-18-12)15-13(16)17/h9-12,15H,6-8H2,1-5H3,(H,16,17)/t9?,10?,11-,12+/m0/s1. The second-order valence-electron chi connectivity index (χ2n) is 7.56. The van der Waals surface area contributed by atoms with E-state index in [4.69, 9.17) is 14.3 Å². The largest absolute Gasteiger partial charge is 0.465 e. The lowest BCUT2D eigenvalue weighted by Gasteiger charge is -2.38. The molecule has 20 heavy (non-hydrogen) atoms. The summed E-state index contributed by atoms with van der Waals surface area (Å²) in [5, 5.41) is 11.5. The molecule has 2 N–H and O–H groups in total. The van der Waals surface area contributed by atoms with Crippen molar-refractivity contribution in [1.29, 1.82) is 0 Å². The summed E-state index contributed by atoms with van der Waals surface area (Å²) in [5.74, 6) is 0.901. The lowest BCUT2D eigenvalue weighted by atomic mass is 10.1. The van der Waals surface area contributed by atoms with Crippen molar-refractivity contribution in [1.82, 2.24) is 5.32 Å². The maximum absolute atomic E-state index is 10.7. The van der Waals surface area contributed by atoms with Gasteiger partial charge in [-0.25, -0.2) is 4.79 Å². The summed E-state index contributed by atoms with van der Waals surface area (Å²) in [6.07, 6.45) is 0.234. The Morgan fingerprint density at radius 3 is 2.60 bits per heavy atom. The first-order valence-corrected chi connectivity index (χ1v) is 10.3. The molecule has 0 aromatic carbocycles. The van der Waals surface area contributed by atoms with Gasteiger partial charge in [0.05, 0.1) is 25.4 Å². The molecule has 0 radical (unpaired) electrons. The van der Waals surface area contributed by atoms with E-state index in [9.17, 15) is 4.79 Å². The van der Waals surface area contributed by atoms with Crippen molar-refractivity contribution >= 4 is 14.4 Å². The third kappa shape index (κ3) is 3.35. The fourth-order valence-corrected chi connectivity index (χ4v) is 3.60. The van der Waals surface area contributed by atoms with Crippen LogP contribution in [0.1, 0.15) is 27.2 Å². The van der Waals surface area contributed by atoms with Gasteiger partial charge in [0.2, 0.25) is 0 Å². The lowest BCUT2D eigenvalue weighted by Crippen LogP contribution is -2.47. The number of ether oxygens (including phenoxy) is 1. The predicted octanol–water partition coefficient (Wildman–Crippen LogP) is 2.68. The molecule has 0 bridgehead atoms. The minimum atomic E-state index is -1.73. The van der Waals surface area contributed by atoms with E-state index in [1.807, 2.05) is 0 Å². The first-order chi connectivity index (χ1) is 9.12. The van der Waals surface area contributed by atoms with E-state index in [-0.39, 0.29) is 17.2 Å². The van der Waals surface area contributed by atoms with Crippen LogP contribution in [0.4, 0.5) is 4.79 Å². The zero-order valence-corrected chi connectivity index (χ0v) is 14.1. The molecule has 116 valence electrons. The number of rotatable bonds is 4. The number of nitrogens with one attached hydrogen (secondary N) is 1. The second kappa shape index (κ2) is 5.31. The average molecular weight is 301 g/mol. The Bertz CT molecular complexity index is 380.